The SMILES string of the molecule is CC(C)C(CNC1CCCCC1C(C)C)C(C)C. The average Bonchev–Trinajstić information content (AvgIpc) is 2.28. The molecule has 1 rings (SSSR count). The highest BCUT2D eigenvalue weighted by molar-refractivity contribution is 4.84. The van der Waals surface area contributed by atoms with Crippen LogP contribution < -0.4 is 5.32 Å². The lowest BCUT2D eigenvalue weighted by Gasteiger charge is -2.37. The Morgan fingerprint density at radius 1 is 0.889 bits per heavy atom. The van der Waals surface area contributed by atoms with Gasteiger partial charge in [-0.1, -0.05) is 54.4 Å². The second-order valence-corrected chi connectivity index (χ2v) is 7.36. The fourth-order valence-electron chi connectivity index (χ4n) is 3.74. The van der Waals surface area contributed by atoms with Crippen LogP contribution in [0.4, 0.5) is 0 Å². The molecule has 1 fully saturated rings. The molecule has 1 aliphatic carbocycles. The van der Waals surface area contributed by atoms with Crippen molar-refractivity contribution >= 4 is 0 Å². The van der Waals surface area contributed by atoms with Crippen LogP contribution in [0.1, 0.15) is 67.2 Å². The second-order valence-electron chi connectivity index (χ2n) is 7.36. The van der Waals surface area contributed by atoms with Gasteiger partial charge in [-0.15, -0.1) is 0 Å². The molecule has 1 N–H and O–H groups in total. The summed E-state index contributed by atoms with van der Waals surface area (Å²) in [6.45, 7) is 15.5. The first-order valence-electron chi connectivity index (χ1n) is 8.16. The Kier molecular flexibility index (Phi) is 6.70. The summed E-state index contributed by atoms with van der Waals surface area (Å²) in [6.07, 6.45) is 5.70. The van der Waals surface area contributed by atoms with Gasteiger partial charge in [0.15, 0.2) is 0 Å². The molecule has 108 valence electrons. The first-order chi connectivity index (χ1) is 8.43. The van der Waals surface area contributed by atoms with E-state index in [1.807, 2.05) is 0 Å². The quantitative estimate of drug-likeness (QED) is 0.722. The Labute approximate surface area is 115 Å². The molecule has 0 saturated heterocycles. The Morgan fingerprint density at radius 3 is 1.94 bits per heavy atom. The summed E-state index contributed by atoms with van der Waals surface area (Å²) in [7, 11) is 0. The zero-order valence-electron chi connectivity index (χ0n) is 13.5. The molecule has 1 saturated carbocycles. The van der Waals surface area contributed by atoms with E-state index in [0.717, 1.165) is 35.6 Å². The van der Waals surface area contributed by atoms with Gasteiger partial charge in [0, 0.05) is 6.04 Å². The molecule has 2 atom stereocenters. The van der Waals surface area contributed by atoms with Gasteiger partial charge in [-0.2, -0.15) is 0 Å². The highest BCUT2D eigenvalue weighted by atomic mass is 14.9. The normalized spacial score (nSPS) is 25.7. The maximum atomic E-state index is 3.92. The van der Waals surface area contributed by atoms with Gasteiger partial charge in [-0.05, 0) is 49.0 Å². The third-order valence-electron chi connectivity index (χ3n) is 5.00. The van der Waals surface area contributed by atoms with Crippen molar-refractivity contribution in [3.63, 3.8) is 0 Å². The Balaban J connectivity index is 2.48. The summed E-state index contributed by atoms with van der Waals surface area (Å²) in [4.78, 5) is 0. The van der Waals surface area contributed by atoms with Crippen molar-refractivity contribution in [2.75, 3.05) is 6.54 Å². The lowest BCUT2D eigenvalue weighted by atomic mass is 9.77. The maximum absolute atomic E-state index is 3.92. The summed E-state index contributed by atoms with van der Waals surface area (Å²) < 4.78 is 0. The van der Waals surface area contributed by atoms with Gasteiger partial charge in [0.05, 0.1) is 0 Å². The highest BCUT2D eigenvalue weighted by Crippen LogP contribution is 2.30. The van der Waals surface area contributed by atoms with E-state index in [2.05, 4.69) is 46.9 Å². The molecule has 2 unspecified atom stereocenters. The van der Waals surface area contributed by atoms with Gasteiger partial charge in [-0.3, -0.25) is 0 Å². The summed E-state index contributed by atoms with van der Waals surface area (Å²) >= 11 is 0. The first kappa shape index (κ1) is 16.0. The van der Waals surface area contributed by atoms with Crippen LogP contribution in [0.15, 0.2) is 0 Å². The van der Waals surface area contributed by atoms with Gasteiger partial charge >= 0.3 is 0 Å². The number of rotatable bonds is 6. The molecule has 18 heavy (non-hydrogen) atoms. The molecule has 0 aromatic rings. The highest BCUT2D eigenvalue weighted by Gasteiger charge is 2.28. The van der Waals surface area contributed by atoms with Gasteiger partial charge in [0.2, 0.25) is 0 Å². The molecule has 0 radical (unpaired) electrons. The van der Waals surface area contributed by atoms with Crippen molar-refractivity contribution in [3.05, 3.63) is 0 Å². The molecule has 1 nitrogen and oxygen atoms in total. The van der Waals surface area contributed by atoms with Crippen LogP contribution in [-0.4, -0.2) is 12.6 Å². The summed E-state index contributed by atoms with van der Waals surface area (Å²) in [6, 6.07) is 0.777. The summed E-state index contributed by atoms with van der Waals surface area (Å²) in [5.41, 5.74) is 0. The molecule has 0 bridgehead atoms. The molecule has 1 aliphatic rings. The minimum absolute atomic E-state index is 0.777. The van der Waals surface area contributed by atoms with Crippen molar-refractivity contribution < 1.29 is 0 Å². The van der Waals surface area contributed by atoms with Crippen LogP contribution in [0.25, 0.3) is 0 Å². The third kappa shape index (κ3) is 4.57. The average molecular weight is 253 g/mol. The van der Waals surface area contributed by atoms with Crippen LogP contribution >= 0.6 is 0 Å². The van der Waals surface area contributed by atoms with E-state index in [4.69, 9.17) is 0 Å². The molecule has 0 aromatic carbocycles. The lowest BCUT2D eigenvalue weighted by molar-refractivity contribution is 0.181. The van der Waals surface area contributed by atoms with E-state index in [1.54, 1.807) is 0 Å². The van der Waals surface area contributed by atoms with E-state index in [0.29, 0.717) is 0 Å². The molecule has 0 spiro atoms. The van der Waals surface area contributed by atoms with Crippen LogP contribution in [-0.2, 0) is 0 Å². The smallest absolute Gasteiger partial charge is 0.00978 e. The molecule has 1 heteroatoms. The van der Waals surface area contributed by atoms with E-state index in [9.17, 15) is 0 Å². The predicted molar refractivity (Wildman–Crippen MR) is 81.8 cm³/mol. The first-order valence-corrected chi connectivity index (χ1v) is 8.16. The van der Waals surface area contributed by atoms with E-state index >= 15 is 0 Å². The fraction of sp³-hybridized carbons (Fsp3) is 1.00. The maximum Gasteiger partial charge on any atom is 0.00978 e. The van der Waals surface area contributed by atoms with Gasteiger partial charge < -0.3 is 5.32 Å². The van der Waals surface area contributed by atoms with E-state index in [1.165, 1.54) is 32.2 Å². The number of nitrogens with one attached hydrogen (secondary N) is 1. The zero-order chi connectivity index (χ0) is 13.7. The Morgan fingerprint density at radius 2 is 1.44 bits per heavy atom. The minimum atomic E-state index is 0.777. The number of hydrogen-bond acceptors (Lipinski definition) is 1. The Hall–Kier alpha value is -0.0400. The minimum Gasteiger partial charge on any atom is -0.313 e. The van der Waals surface area contributed by atoms with Crippen molar-refractivity contribution in [2.45, 2.75) is 73.3 Å². The number of hydrogen-bond donors (Lipinski definition) is 1. The van der Waals surface area contributed by atoms with Crippen molar-refractivity contribution in [3.8, 4) is 0 Å². The van der Waals surface area contributed by atoms with E-state index < -0.39 is 0 Å². The third-order valence-corrected chi connectivity index (χ3v) is 5.00. The fourth-order valence-corrected chi connectivity index (χ4v) is 3.74. The molecule has 0 aromatic heterocycles. The van der Waals surface area contributed by atoms with Gasteiger partial charge in [-0.25, -0.2) is 0 Å². The van der Waals surface area contributed by atoms with Crippen molar-refractivity contribution in [1.82, 2.24) is 5.32 Å². The molecule has 0 heterocycles. The molecule has 0 aliphatic heterocycles. The van der Waals surface area contributed by atoms with Crippen molar-refractivity contribution in [1.29, 1.82) is 0 Å². The largest absolute Gasteiger partial charge is 0.313 e. The van der Waals surface area contributed by atoms with Crippen LogP contribution in [0, 0.1) is 29.6 Å². The summed E-state index contributed by atoms with van der Waals surface area (Å²) in [5, 5.41) is 3.92. The Bertz CT molecular complexity index is 212. The van der Waals surface area contributed by atoms with Crippen LogP contribution in [0.3, 0.4) is 0 Å². The predicted octanol–water partition coefficient (Wildman–Crippen LogP) is 4.72. The van der Waals surface area contributed by atoms with Gasteiger partial charge in [0.1, 0.15) is 0 Å². The lowest BCUT2D eigenvalue weighted by Crippen LogP contribution is -2.44. The standard InChI is InChI=1S/C17H35N/c1-12(2)15-9-7-8-10-17(15)18-11-16(13(3)4)14(5)6/h12-18H,7-11H2,1-6H3. The molecular weight excluding hydrogens is 218 g/mol. The summed E-state index contributed by atoms with van der Waals surface area (Å²) in [5.74, 6) is 4.13. The zero-order valence-corrected chi connectivity index (χ0v) is 13.5. The monoisotopic (exact) mass is 253 g/mol. The molecule has 0 amide bonds. The van der Waals surface area contributed by atoms with Crippen molar-refractivity contribution in [2.24, 2.45) is 29.6 Å². The second kappa shape index (κ2) is 7.53. The molecular formula is C17H35N. The van der Waals surface area contributed by atoms with Gasteiger partial charge in [0.25, 0.3) is 0 Å². The van der Waals surface area contributed by atoms with Crippen LogP contribution in [0.2, 0.25) is 0 Å². The van der Waals surface area contributed by atoms with E-state index in [-0.39, 0.29) is 0 Å². The van der Waals surface area contributed by atoms with Crippen LogP contribution in [0.5, 0.6) is 0 Å². The topological polar surface area (TPSA) is 12.0 Å².